The van der Waals surface area contributed by atoms with Crippen molar-refractivity contribution in [3.05, 3.63) is 47.5 Å². The zero-order valence-electron chi connectivity index (χ0n) is 11.5. The molecule has 20 heavy (non-hydrogen) atoms. The van der Waals surface area contributed by atoms with Crippen molar-refractivity contribution >= 4 is 28.8 Å². The minimum absolute atomic E-state index is 0.379. The number of carbonyl (C=O) groups is 1. The molecule has 0 unspecified atom stereocenters. The number of benzene rings is 2. The van der Waals surface area contributed by atoms with Crippen molar-refractivity contribution in [1.29, 1.82) is 0 Å². The van der Waals surface area contributed by atoms with Crippen LogP contribution >= 0.6 is 0 Å². The lowest BCUT2D eigenvalue weighted by Crippen LogP contribution is -2.20. The highest BCUT2D eigenvalue weighted by Crippen LogP contribution is 2.22. The Morgan fingerprint density at radius 1 is 0.850 bits per heavy atom. The number of hydrogen-bond acceptors (Lipinski definition) is 3. The Kier molecular flexibility index (Phi) is 3.79. The third kappa shape index (κ3) is 3.20. The summed E-state index contributed by atoms with van der Waals surface area (Å²) >= 11 is 0. The van der Waals surface area contributed by atoms with Crippen LogP contribution in [0.2, 0.25) is 0 Å². The smallest absolute Gasteiger partial charge is 0.323 e. The fraction of sp³-hybridized carbons (Fsp3) is 0.133. The van der Waals surface area contributed by atoms with Crippen molar-refractivity contribution in [2.45, 2.75) is 13.8 Å². The summed E-state index contributed by atoms with van der Waals surface area (Å²) in [4.78, 5) is 11.9. The molecule has 0 bridgehead atoms. The Labute approximate surface area is 118 Å². The van der Waals surface area contributed by atoms with E-state index in [4.69, 9.17) is 11.5 Å². The maximum atomic E-state index is 11.9. The summed E-state index contributed by atoms with van der Waals surface area (Å²) in [6.07, 6.45) is 0. The molecule has 0 saturated carbocycles. The molecule has 5 heteroatoms. The van der Waals surface area contributed by atoms with Crippen molar-refractivity contribution in [1.82, 2.24) is 0 Å². The summed E-state index contributed by atoms with van der Waals surface area (Å²) < 4.78 is 0. The van der Waals surface area contributed by atoms with Crippen molar-refractivity contribution < 1.29 is 4.79 Å². The number of aryl methyl sites for hydroxylation is 2. The number of rotatable bonds is 2. The number of anilines is 4. The molecule has 0 fully saturated rings. The number of nitrogen functional groups attached to an aromatic ring is 2. The van der Waals surface area contributed by atoms with Crippen LogP contribution in [0.15, 0.2) is 36.4 Å². The zero-order chi connectivity index (χ0) is 14.7. The van der Waals surface area contributed by atoms with E-state index in [9.17, 15) is 4.79 Å². The van der Waals surface area contributed by atoms with E-state index in [2.05, 4.69) is 10.6 Å². The number of carbonyl (C=O) groups excluding carboxylic acids is 1. The summed E-state index contributed by atoms with van der Waals surface area (Å²) in [6.45, 7) is 3.88. The fourth-order valence-electron chi connectivity index (χ4n) is 1.87. The predicted molar refractivity (Wildman–Crippen MR) is 83.8 cm³/mol. The second-order valence-electron chi connectivity index (χ2n) is 4.76. The summed E-state index contributed by atoms with van der Waals surface area (Å²) in [6, 6.07) is 10.5. The molecule has 0 aliphatic heterocycles. The molecule has 6 N–H and O–H groups in total. The maximum absolute atomic E-state index is 11.9. The average molecular weight is 270 g/mol. The maximum Gasteiger partial charge on any atom is 0.323 e. The Balaban J connectivity index is 2.09. The lowest BCUT2D eigenvalue weighted by Gasteiger charge is -2.12. The van der Waals surface area contributed by atoms with Crippen LogP contribution in [-0.4, -0.2) is 6.03 Å². The van der Waals surface area contributed by atoms with Crippen LogP contribution in [0.1, 0.15) is 11.1 Å². The van der Waals surface area contributed by atoms with E-state index in [0.29, 0.717) is 22.7 Å². The monoisotopic (exact) mass is 270 g/mol. The third-order valence-corrected chi connectivity index (χ3v) is 2.91. The number of urea groups is 1. The molecule has 0 spiro atoms. The largest absolute Gasteiger partial charge is 0.397 e. The molecule has 2 aromatic carbocycles. The molecule has 2 aromatic rings. The van der Waals surface area contributed by atoms with E-state index >= 15 is 0 Å². The first kappa shape index (κ1) is 13.7. The molecule has 0 atom stereocenters. The van der Waals surface area contributed by atoms with Gasteiger partial charge in [0.1, 0.15) is 0 Å². The standard InChI is InChI=1S/C15H18N4O/c1-9-3-5-13(11(16)7-9)18-15(20)19-14-6-4-10(2)8-12(14)17/h3-8H,16-17H2,1-2H3,(H2,18,19,20). The Morgan fingerprint density at radius 3 is 1.60 bits per heavy atom. The van der Waals surface area contributed by atoms with Gasteiger partial charge in [0.25, 0.3) is 0 Å². The lowest BCUT2D eigenvalue weighted by molar-refractivity contribution is 0.262. The summed E-state index contributed by atoms with van der Waals surface area (Å²) in [5.74, 6) is 0. The van der Waals surface area contributed by atoms with Crippen LogP contribution in [0.5, 0.6) is 0 Å². The van der Waals surface area contributed by atoms with Crippen molar-refractivity contribution in [2.24, 2.45) is 0 Å². The van der Waals surface area contributed by atoms with Gasteiger partial charge in [-0.15, -0.1) is 0 Å². The van der Waals surface area contributed by atoms with E-state index in [0.717, 1.165) is 11.1 Å². The van der Waals surface area contributed by atoms with E-state index < -0.39 is 0 Å². The Bertz CT molecular complexity index is 597. The highest BCUT2D eigenvalue weighted by atomic mass is 16.2. The van der Waals surface area contributed by atoms with Crippen LogP contribution < -0.4 is 22.1 Å². The van der Waals surface area contributed by atoms with Gasteiger partial charge < -0.3 is 22.1 Å². The number of hydrogen-bond donors (Lipinski definition) is 4. The van der Waals surface area contributed by atoms with Gasteiger partial charge in [0, 0.05) is 0 Å². The number of nitrogens with one attached hydrogen (secondary N) is 2. The number of nitrogens with two attached hydrogens (primary N) is 2. The Hall–Kier alpha value is -2.69. The second kappa shape index (κ2) is 5.52. The molecule has 2 rings (SSSR count). The topological polar surface area (TPSA) is 93.2 Å². The zero-order valence-corrected chi connectivity index (χ0v) is 11.5. The van der Waals surface area contributed by atoms with Crippen LogP contribution in [0.3, 0.4) is 0 Å². The van der Waals surface area contributed by atoms with Crippen LogP contribution in [0, 0.1) is 13.8 Å². The van der Waals surface area contributed by atoms with Gasteiger partial charge >= 0.3 is 6.03 Å². The van der Waals surface area contributed by atoms with Crippen molar-refractivity contribution in [2.75, 3.05) is 22.1 Å². The molecule has 0 aromatic heterocycles. The predicted octanol–water partition coefficient (Wildman–Crippen LogP) is 3.11. The molecular formula is C15H18N4O. The summed E-state index contributed by atoms with van der Waals surface area (Å²) in [7, 11) is 0. The number of amides is 2. The van der Waals surface area contributed by atoms with Gasteiger partial charge in [0.15, 0.2) is 0 Å². The first-order chi connectivity index (χ1) is 9.45. The van der Waals surface area contributed by atoms with Crippen LogP contribution in [-0.2, 0) is 0 Å². The van der Waals surface area contributed by atoms with Gasteiger partial charge in [-0.2, -0.15) is 0 Å². The molecule has 0 saturated heterocycles. The fourth-order valence-corrected chi connectivity index (χ4v) is 1.87. The van der Waals surface area contributed by atoms with Gasteiger partial charge in [-0.05, 0) is 49.2 Å². The highest BCUT2D eigenvalue weighted by Gasteiger charge is 2.07. The van der Waals surface area contributed by atoms with E-state index in [1.54, 1.807) is 24.3 Å². The molecule has 5 nitrogen and oxygen atoms in total. The molecular weight excluding hydrogens is 252 g/mol. The lowest BCUT2D eigenvalue weighted by atomic mass is 10.2. The molecule has 0 aliphatic carbocycles. The quantitative estimate of drug-likeness (QED) is 0.632. The normalized spacial score (nSPS) is 10.1. The van der Waals surface area contributed by atoms with E-state index in [1.807, 2.05) is 26.0 Å². The van der Waals surface area contributed by atoms with Crippen LogP contribution in [0.25, 0.3) is 0 Å². The van der Waals surface area contributed by atoms with Crippen molar-refractivity contribution in [3.8, 4) is 0 Å². The minimum Gasteiger partial charge on any atom is -0.397 e. The summed E-state index contributed by atoms with van der Waals surface area (Å²) in [5.41, 5.74) is 16.0. The second-order valence-corrected chi connectivity index (χ2v) is 4.76. The van der Waals surface area contributed by atoms with Crippen molar-refractivity contribution in [3.63, 3.8) is 0 Å². The molecule has 0 aliphatic rings. The molecule has 2 amide bonds. The van der Waals surface area contributed by atoms with Crippen LogP contribution in [0.4, 0.5) is 27.5 Å². The van der Waals surface area contributed by atoms with Gasteiger partial charge in [-0.25, -0.2) is 4.79 Å². The average Bonchev–Trinajstić information content (AvgIpc) is 2.36. The van der Waals surface area contributed by atoms with Gasteiger partial charge in [-0.3, -0.25) is 0 Å². The first-order valence-electron chi connectivity index (χ1n) is 6.26. The summed E-state index contributed by atoms with van der Waals surface area (Å²) in [5, 5.41) is 5.39. The van der Waals surface area contributed by atoms with Gasteiger partial charge in [0.05, 0.1) is 22.7 Å². The SMILES string of the molecule is Cc1ccc(NC(=O)Nc2ccc(C)cc2N)c(N)c1. The van der Waals surface area contributed by atoms with Gasteiger partial charge in [0.2, 0.25) is 0 Å². The molecule has 0 radical (unpaired) electrons. The van der Waals surface area contributed by atoms with E-state index in [1.165, 1.54) is 0 Å². The third-order valence-electron chi connectivity index (χ3n) is 2.91. The minimum atomic E-state index is -0.379. The molecule has 104 valence electrons. The Morgan fingerprint density at radius 2 is 1.25 bits per heavy atom. The highest BCUT2D eigenvalue weighted by molar-refractivity contribution is 6.03. The van der Waals surface area contributed by atoms with E-state index in [-0.39, 0.29) is 6.03 Å². The van der Waals surface area contributed by atoms with Gasteiger partial charge in [-0.1, -0.05) is 12.1 Å². The first-order valence-corrected chi connectivity index (χ1v) is 6.26. The molecule has 0 heterocycles.